The Hall–Kier alpha value is -1.89. The molecule has 1 saturated heterocycles. The summed E-state index contributed by atoms with van der Waals surface area (Å²) in [6.45, 7) is 5.07. The van der Waals surface area contributed by atoms with Gasteiger partial charge in [0.05, 0.1) is 16.1 Å². The van der Waals surface area contributed by atoms with Crippen molar-refractivity contribution in [3.05, 3.63) is 28.1 Å². The van der Waals surface area contributed by atoms with Crippen molar-refractivity contribution in [3.63, 3.8) is 0 Å². The van der Waals surface area contributed by atoms with Gasteiger partial charge in [0.25, 0.3) is 5.91 Å². The molecule has 0 bridgehead atoms. The highest BCUT2D eigenvalue weighted by atomic mass is 35.5. The second-order valence-electron chi connectivity index (χ2n) is 6.80. The molecule has 2 atom stereocenters. The molecule has 4 rings (SSSR count). The molecule has 0 aromatic carbocycles. The Labute approximate surface area is 144 Å². The smallest absolute Gasteiger partial charge is 0.275 e. The third-order valence-electron chi connectivity index (χ3n) is 5.44. The lowest BCUT2D eigenvalue weighted by atomic mass is 9.80. The van der Waals surface area contributed by atoms with E-state index < -0.39 is 0 Å². The number of nitrogens with one attached hydrogen (secondary N) is 1. The minimum absolute atomic E-state index is 0.124. The van der Waals surface area contributed by atoms with Crippen LogP contribution in [0.15, 0.2) is 4.52 Å². The van der Waals surface area contributed by atoms with E-state index in [-0.39, 0.29) is 11.3 Å². The molecule has 0 radical (unpaired) electrons. The van der Waals surface area contributed by atoms with Crippen molar-refractivity contribution in [2.24, 2.45) is 5.92 Å². The van der Waals surface area contributed by atoms with Crippen molar-refractivity contribution in [1.82, 2.24) is 25.2 Å². The molecule has 3 heterocycles. The molecule has 1 aliphatic heterocycles. The number of hydrogen-bond acceptors (Lipinski definition) is 5. The van der Waals surface area contributed by atoms with E-state index >= 15 is 0 Å². The number of fused-ring (bicyclic) bond motifs is 1. The summed E-state index contributed by atoms with van der Waals surface area (Å²) in [5.74, 6) is 1.53. The Bertz CT molecular complexity index is 785. The molecule has 1 amide bonds. The van der Waals surface area contributed by atoms with Crippen LogP contribution in [0.5, 0.6) is 0 Å². The molecule has 2 fully saturated rings. The number of amides is 1. The Morgan fingerprint density at radius 3 is 3.04 bits per heavy atom. The van der Waals surface area contributed by atoms with E-state index in [0.717, 1.165) is 25.0 Å². The second-order valence-corrected chi connectivity index (χ2v) is 7.17. The van der Waals surface area contributed by atoms with Crippen LogP contribution in [0, 0.1) is 12.8 Å². The van der Waals surface area contributed by atoms with E-state index in [2.05, 4.69) is 20.3 Å². The molecule has 0 unspecified atom stereocenters. The zero-order valence-corrected chi connectivity index (χ0v) is 14.6. The van der Waals surface area contributed by atoms with Crippen LogP contribution in [0.25, 0.3) is 0 Å². The normalized spacial score (nSPS) is 26.1. The monoisotopic (exact) mass is 349 g/mol. The maximum atomic E-state index is 12.9. The fourth-order valence-electron chi connectivity index (χ4n) is 4.18. The van der Waals surface area contributed by atoms with Crippen molar-refractivity contribution in [3.8, 4) is 0 Å². The molecule has 128 valence electrons. The van der Waals surface area contributed by atoms with E-state index in [1.165, 1.54) is 0 Å². The largest absolute Gasteiger partial charge is 0.339 e. The first kappa shape index (κ1) is 15.6. The number of carbonyl (C=O) groups is 1. The van der Waals surface area contributed by atoms with Gasteiger partial charge < -0.3 is 9.42 Å². The molecule has 1 aliphatic carbocycles. The highest BCUT2D eigenvalue weighted by molar-refractivity contribution is 6.34. The number of likely N-dealkylation sites (tertiary alicyclic amines) is 1. The van der Waals surface area contributed by atoms with Gasteiger partial charge in [-0.15, -0.1) is 0 Å². The number of carbonyl (C=O) groups excluding carboxylic acids is 1. The third-order valence-corrected chi connectivity index (χ3v) is 5.85. The fourth-order valence-corrected chi connectivity index (χ4v) is 4.48. The van der Waals surface area contributed by atoms with E-state index in [0.29, 0.717) is 47.9 Å². The van der Waals surface area contributed by atoms with Crippen LogP contribution in [-0.4, -0.2) is 44.2 Å². The van der Waals surface area contributed by atoms with E-state index in [9.17, 15) is 4.79 Å². The number of aryl methyl sites for hydroxylation is 2. The van der Waals surface area contributed by atoms with Crippen LogP contribution in [0.3, 0.4) is 0 Å². The van der Waals surface area contributed by atoms with Crippen LogP contribution in [0.4, 0.5) is 0 Å². The quantitative estimate of drug-likeness (QED) is 0.919. The summed E-state index contributed by atoms with van der Waals surface area (Å²) in [5, 5.41) is 11.4. The minimum atomic E-state index is -0.215. The van der Waals surface area contributed by atoms with Gasteiger partial charge in [-0.3, -0.25) is 9.89 Å². The molecule has 0 spiro atoms. The zero-order chi connectivity index (χ0) is 16.9. The highest BCUT2D eigenvalue weighted by Crippen LogP contribution is 2.50. The number of hydrogen-bond donors (Lipinski definition) is 1. The molecular formula is C16H20ClN5O2. The molecule has 8 heteroatoms. The summed E-state index contributed by atoms with van der Waals surface area (Å²) in [5.41, 5.74) is 0.889. The summed E-state index contributed by atoms with van der Waals surface area (Å²) < 4.78 is 5.48. The third kappa shape index (κ3) is 2.17. The van der Waals surface area contributed by atoms with E-state index in [1.54, 1.807) is 0 Å². The van der Waals surface area contributed by atoms with Gasteiger partial charge in [0.15, 0.2) is 11.5 Å². The predicted octanol–water partition coefficient (Wildman–Crippen LogP) is 2.51. The summed E-state index contributed by atoms with van der Waals surface area (Å²) in [7, 11) is 0. The van der Waals surface area contributed by atoms with Crippen molar-refractivity contribution in [1.29, 1.82) is 0 Å². The predicted molar refractivity (Wildman–Crippen MR) is 86.9 cm³/mol. The van der Waals surface area contributed by atoms with E-state index in [4.69, 9.17) is 16.1 Å². The van der Waals surface area contributed by atoms with Crippen LogP contribution >= 0.6 is 11.6 Å². The Morgan fingerprint density at radius 1 is 1.54 bits per heavy atom. The lowest BCUT2D eigenvalue weighted by Gasteiger charge is -2.23. The highest BCUT2D eigenvalue weighted by Gasteiger charge is 2.55. The first-order valence-corrected chi connectivity index (χ1v) is 8.75. The van der Waals surface area contributed by atoms with Gasteiger partial charge in [-0.1, -0.05) is 30.1 Å². The van der Waals surface area contributed by atoms with Crippen LogP contribution < -0.4 is 0 Å². The van der Waals surface area contributed by atoms with Gasteiger partial charge in [0.1, 0.15) is 0 Å². The molecule has 1 N–H and O–H groups in total. The standard InChI is InChI=1S/C16H20ClN5O2/c1-3-11-12(17)13(20-19-11)14(23)22-7-10-5-4-6-16(10,8-22)15-18-9(2)21-24-15/h10H,3-8H2,1-2H3,(H,19,20)/t10-,16-/m0/s1. The summed E-state index contributed by atoms with van der Waals surface area (Å²) in [6, 6.07) is 0. The summed E-state index contributed by atoms with van der Waals surface area (Å²) >= 11 is 6.29. The zero-order valence-electron chi connectivity index (χ0n) is 13.8. The van der Waals surface area contributed by atoms with Crippen molar-refractivity contribution in [2.75, 3.05) is 13.1 Å². The maximum absolute atomic E-state index is 12.9. The van der Waals surface area contributed by atoms with Gasteiger partial charge in [0.2, 0.25) is 5.89 Å². The number of nitrogens with zero attached hydrogens (tertiary/aromatic N) is 4. The lowest BCUT2D eigenvalue weighted by Crippen LogP contribution is -2.35. The molecular weight excluding hydrogens is 330 g/mol. The maximum Gasteiger partial charge on any atom is 0.275 e. The van der Waals surface area contributed by atoms with Gasteiger partial charge in [-0.25, -0.2) is 0 Å². The number of aromatic amines is 1. The topological polar surface area (TPSA) is 87.9 Å². The number of halogens is 1. The Kier molecular flexibility index (Phi) is 3.63. The molecule has 24 heavy (non-hydrogen) atoms. The number of H-pyrrole nitrogens is 1. The van der Waals surface area contributed by atoms with Crippen LogP contribution in [0.1, 0.15) is 54.1 Å². The molecule has 2 aliphatic rings. The lowest BCUT2D eigenvalue weighted by molar-refractivity contribution is 0.0769. The van der Waals surface area contributed by atoms with Gasteiger partial charge in [-0.05, 0) is 32.1 Å². The minimum Gasteiger partial charge on any atom is -0.339 e. The van der Waals surface area contributed by atoms with E-state index in [1.807, 2.05) is 18.7 Å². The molecule has 7 nitrogen and oxygen atoms in total. The average Bonchev–Trinajstić information content (AvgIpc) is 3.28. The van der Waals surface area contributed by atoms with Crippen molar-refractivity contribution < 1.29 is 9.32 Å². The SMILES string of the molecule is CCc1[nH]nc(C(=O)N2C[C@@H]3CCC[C@]3(c3nc(C)no3)C2)c1Cl. The number of rotatable bonds is 3. The van der Waals surface area contributed by atoms with Gasteiger partial charge >= 0.3 is 0 Å². The van der Waals surface area contributed by atoms with Gasteiger partial charge in [-0.2, -0.15) is 10.1 Å². The van der Waals surface area contributed by atoms with Crippen LogP contribution in [-0.2, 0) is 11.8 Å². The Balaban J connectivity index is 1.63. The molecule has 2 aromatic rings. The number of aromatic nitrogens is 4. The first-order valence-electron chi connectivity index (χ1n) is 8.38. The molecule has 1 saturated carbocycles. The van der Waals surface area contributed by atoms with Crippen LogP contribution in [0.2, 0.25) is 5.02 Å². The Morgan fingerprint density at radius 2 is 2.38 bits per heavy atom. The summed E-state index contributed by atoms with van der Waals surface area (Å²) in [6.07, 6.45) is 3.88. The summed E-state index contributed by atoms with van der Waals surface area (Å²) in [4.78, 5) is 19.2. The second kappa shape index (κ2) is 5.58. The first-order chi connectivity index (χ1) is 11.5. The molecule has 2 aromatic heterocycles. The average molecular weight is 350 g/mol. The van der Waals surface area contributed by atoms with Gasteiger partial charge in [0, 0.05) is 13.1 Å². The van der Waals surface area contributed by atoms with Crippen molar-refractivity contribution >= 4 is 17.5 Å². The fraction of sp³-hybridized carbons (Fsp3) is 0.625. The van der Waals surface area contributed by atoms with Crippen molar-refractivity contribution in [2.45, 2.75) is 44.9 Å².